The van der Waals surface area contributed by atoms with Crippen molar-refractivity contribution in [2.24, 2.45) is 0 Å². The van der Waals surface area contributed by atoms with Gasteiger partial charge in [-0.15, -0.1) is 0 Å². The van der Waals surface area contributed by atoms with Crippen molar-refractivity contribution in [2.45, 2.75) is 31.9 Å². The van der Waals surface area contributed by atoms with Gasteiger partial charge in [-0.25, -0.2) is 0 Å². The van der Waals surface area contributed by atoms with Gasteiger partial charge in [0.25, 0.3) is 0 Å². The van der Waals surface area contributed by atoms with E-state index < -0.39 is 0 Å². The van der Waals surface area contributed by atoms with Gasteiger partial charge < -0.3 is 15.4 Å². The minimum absolute atomic E-state index is 0.0452. The third-order valence-corrected chi connectivity index (χ3v) is 3.38. The van der Waals surface area contributed by atoms with Gasteiger partial charge in [-0.2, -0.15) is 0 Å². The third kappa shape index (κ3) is 5.49. The van der Waals surface area contributed by atoms with E-state index in [4.69, 9.17) is 16.3 Å². The van der Waals surface area contributed by atoms with Gasteiger partial charge in [0.05, 0.1) is 6.04 Å². The van der Waals surface area contributed by atoms with Crippen LogP contribution in [0.25, 0.3) is 0 Å². The lowest BCUT2D eigenvalue weighted by Crippen LogP contribution is -2.37. The zero-order chi connectivity index (χ0) is 15.0. The predicted molar refractivity (Wildman–Crippen MR) is 82.0 cm³/mol. The maximum atomic E-state index is 11.8. The van der Waals surface area contributed by atoms with Gasteiger partial charge in [0.15, 0.2) is 0 Å². The average Bonchev–Trinajstić information content (AvgIpc) is 2.42. The highest BCUT2D eigenvalue weighted by Crippen LogP contribution is 2.22. The molecule has 2 atom stereocenters. The molecule has 0 radical (unpaired) electrons. The smallest absolute Gasteiger partial charge is 0.220 e. The van der Waals surface area contributed by atoms with Crippen LogP contribution in [-0.2, 0) is 9.53 Å². The molecule has 0 fully saturated rings. The van der Waals surface area contributed by atoms with Crippen LogP contribution in [0, 0.1) is 0 Å². The van der Waals surface area contributed by atoms with Crippen LogP contribution >= 0.6 is 11.6 Å². The third-order valence-electron chi connectivity index (χ3n) is 3.13. The van der Waals surface area contributed by atoms with Crippen molar-refractivity contribution in [3.05, 3.63) is 34.9 Å². The fourth-order valence-corrected chi connectivity index (χ4v) is 2.23. The van der Waals surface area contributed by atoms with Gasteiger partial charge in [0, 0.05) is 18.6 Å². The number of benzene rings is 1. The molecule has 0 saturated carbocycles. The molecule has 4 nitrogen and oxygen atoms in total. The molecule has 0 bridgehead atoms. The molecule has 0 saturated heterocycles. The molecule has 112 valence electrons. The Hall–Kier alpha value is -1.10. The van der Waals surface area contributed by atoms with E-state index in [1.807, 2.05) is 38.2 Å². The van der Waals surface area contributed by atoms with E-state index in [0.717, 1.165) is 18.5 Å². The molecule has 2 N–H and O–H groups in total. The van der Waals surface area contributed by atoms with Crippen molar-refractivity contribution in [1.82, 2.24) is 10.6 Å². The normalized spacial score (nSPS) is 13.8. The molecule has 0 heterocycles. The topological polar surface area (TPSA) is 50.4 Å². The number of hydrogen-bond acceptors (Lipinski definition) is 3. The molecule has 1 aromatic carbocycles. The van der Waals surface area contributed by atoms with Gasteiger partial charge >= 0.3 is 0 Å². The van der Waals surface area contributed by atoms with Crippen LogP contribution in [-0.4, -0.2) is 32.7 Å². The van der Waals surface area contributed by atoms with Crippen molar-refractivity contribution in [3.8, 4) is 0 Å². The first-order valence-electron chi connectivity index (χ1n) is 6.80. The van der Waals surface area contributed by atoms with E-state index in [-0.39, 0.29) is 18.1 Å². The summed E-state index contributed by atoms with van der Waals surface area (Å²) in [6.07, 6.45) is 1.16. The monoisotopic (exact) mass is 298 g/mol. The summed E-state index contributed by atoms with van der Waals surface area (Å²) in [5, 5.41) is 6.69. The van der Waals surface area contributed by atoms with Crippen LogP contribution in [0.5, 0.6) is 0 Å². The minimum atomic E-state index is -0.180. The number of methoxy groups -OCH3 is 1. The van der Waals surface area contributed by atoms with Gasteiger partial charge in [-0.1, -0.05) is 23.7 Å². The molecule has 0 spiro atoms. The van der Waals surface area contributed by atoms with Crippen LogP contribution in [0.4, 0.5) is 0 Å². The zero-order valence-corrected chi connectivity index (χ0v) is 13.0. The van der Waals surface area contributed by atoms with Crippen LogP contribution < -0.4 is 10.6 Å². The lowest BCUT2D eigenvalue weighted by molar-refractivity contribution is -0.122. The number of hydrogen-bond donors (Lipinski definition) is 2. The van der Waals surface area contributed by atoms with Gasteiger partial charge in [0.1, 0.15) is 6.10 Å². The van der Waals surface area contributed by atoms with E-state index in [2.05, 4.69) is 10.6 Å². The molecule has 20 heavy (non-hydrogen) atoms. The zero-order valence-electron chi connectivity index (χ0n) is 12.3. The van der Waals surface area contributed by atoms with E-state index in [1.165, 1.54) is 0 Å². The van der Waals surface area contributed by atoms with Crippen LogP contribution in [0.3, 0.4) is 0 Å². The van der Waals surface area contributed by atoms with Crippen LogP contribution in [0.1, 0.15) is 31.4 Å². The van der Waals surface area contributed by atoms with Crippen molar-refractivity contribution < 1.29 is 9.53 Å². The molecular weight excluding hydrogens is 276 g/mol. The lowest BCUT2D eigenvalue weighted by atomic mass is 10.0. The van der Waals surface area contributed by atoms with Crippen molar-refractivity contribution >= 4 is 17.5 Å². The molecule has 5 heteroatoms. The Kier molecular flexibility index (Phi) is 7.59. The number of nitrogens with one attached hydrogen (secondary N) is 2. The molecular formula is C15H23ClN2O2. The fourth-order valence-electron chi connectivity index (χ4n) is 2.11. The SMILES string of the molecule is CNCCCC(=O)NC(C)C(OC)c1ccc(Cl)cc1. The first-order valence-corrected chi connectivity index (χ1v) is 7.18. The second kappa shape index (κ2) is 8.95. The van der Waals surface area contributed by atoms with E-state index in [1.54, 1.807) is 7.11 Å². The average molecular weight is 299 g/mol. The van der Waals surface area contributed by atoms with Crippen molar-refractivity contribution in [3.63, 3.8) is 0 Å². The maximum absolute atomic E-state index is 11.8. The van der Waals surface area contributed by atoms with Gasteiger partial charge in [0.2, 0.25) is 5.91 Å². The maximum Gasteiger partial charge on any atom is 0.220 e. The molecule has 0 aliphatic carbocycles. The second-order valence-electron chi connectivity index (χ2n) is 4.77. The van der Waals surface area contributed by atoms with Gasteiger partial charge in [-0.05, 0) is 44.6 Å². The summed E-state index contributed by atoms with van der Waals surface area (Å²) in [4.78, 5) is 11.8. The first-order chi connectivity index (χ1) is 9.58. The first kappa shape index (κ1) is 17.0. The Labute approximate surface area is 125 Å². The lowest BCUT2D eigenvalue weighted by Gasteiger charge is -2.24. The Balaban J connectivity index is 2.56. The van der Waals surface area contributed by atoms with E-state index >= 15 is 0 Å². The number of ether oxygens (including phenoxy) is 1. The summed E-state index contributed by atoms with van der Waals surface area (Å²) in [7, 11) is 3.52. The Morgan fingerprint density at radius 2 is 2.00 bits per heavy atom. The number of rotatable bonds is 8. The highest BCUT2D eigenvalue weighted by atomic mass is 35.5. The van der Waals surface area contributed by atoms with Crippen LogP contribution in [0.15, 0.2) is 24.3 Å². The highest BCUT2D eigenvalue weighted by molar-refractivity contribution is 6.30. The van der Waals surface area contributed by atoms with E-state index in [0.29, 0.717) is 11.4 Å². The van der Waals surface area contributed by atoms with Crippen molar-refractivity contribution in [1.29, 1.82) is 0 Å². The predicted octanol–water partition coefficient (Wildman–Crippen LogP) is 2.53. The van der Waals surface area contributed by atoms with Crippen molar-refractivity contribution in [2.75, 3.05) is 20.7 Å². The summed E-state index contributed by atoms with van der Waals surface area (Å²) >= 11 is 5.88. The molecule has 1 aromatic rings. The molecule has 0 aliphatic heterocycles. The van der Waals surface area contributed by atoms with Crippen LogP contribution in [0.2, 0.25) is 5.02 Å². The fraction of sp³-hybridized carbons (Fsp3) is 0.533. The summed E-state index contributed by atoms with van der Waals surface area (Å²) in [6, 6.07) is 7.39. The Bertz CT molecular complexity index is 409. The number of carbonyl (C=O) groups is 1. The summed E-state index contributed by atoms with van der Waals surface area (Å²) in [5.74, 6) is 0.0452. The molecule has 1 rings (SSSR count). The number of amides is 1. The van der Waals surface area contributed by atoms with E-state index in [9.17, 15) is 4.79 Å². The largest absolute Gasteiger partial charge is 0.375 e. The molecule has 2 unspecified atom stereocenters. The molecule has 1 amide bonds. The van der Waals surface area contributed by atoms with Gasteiger partial charge in [-0.3, -0.25) is 4.79 Å². The summed E-state index contributed by atoms with van der Waals surface area (Å²) in [6.45, 7) is 2.78. The number of carbonyl (C=O) groups excluding carboxylic acids is 1. The Morgan fingerprint density at radius 3 is 2.55 bits per heavy atom. The number of halogens is 1. The summed E-state index contributed by atoms with van der Waals surface area (Å²) in [5.41, 5.74) is 1.000. The quantitative estimate of drug-likeness (QED) is 0.725. The second-order valence-corrected chi connectivity index (χ2v) is 5.21. The molecule has 0 aromatic heterocycles. The summed E-state index contributed by atoms with van der Waals surface area (Å²) < 4.78 is 5.49. The Morgan fingerprint density at radius 1 is 1.35 bits per heavy atom. The minimum Gasteiger partial charge on any atom is -0.375 e. The highest BCUT2D eigenvalue weighted by Gasteiger charge is 2.20. The standard InChI is InChI=1S/C15H23ClN2O2/c1-11(18-14(19)5-4-10-17-2)15(20-3)12-6-8-13(16)9-7-12/h6-9,11,15,17H,4-5,10H2,1-3H3,(H,18,19). The molecule has 0 aliphatic rings.